The fourth-order valence-electron chi connectivity index (χ4n) is 1.64. The van der Waals surface area contributed by atoms with Gasteiger partial charge in [-0.05, 0) is 13.5 Å². The zero-order chi connectivity index (χ0) is 11.3. The van der Waals surface area contributed by atoms with Crippen LogP contribution in [0.4, 0.5) is 4.79 Å². The van der Waals surface area contributed by atoms with Crippen LogP contribution >= 0.6 is 12.4 Å². The molecule has 0 aromatic carbocycles. The van der Waals surface area contributed by atoms with Crippen LogP contribution in [-0.4, -0.2) is 56.6 Å². The predicted molar refractivity (Wildman–Crippen MR) is 63.8 cm³/mol. The molecular formula is C9H19ClN4O2. The van der Waals surface area contributed by atoms with E-state index in [-0.39, 0.29) is 24.9 Å². The maximum absolute atomic E-state index is 11.3. The van der Waals surface area contributed by atoms with Crippen LogP contribution in [0.2, 0.25) is 0 Å². The number of nitrogens with zero attached hydrogens (tertiary/aromatic N) is 1. The van der Waals surface area contributed by atoms with Crippen molar-refractivity contribution >= 4 is 24.3 Å². The van der Waals surface area contributed by atoms with Crippen LogP contribution in [-0.2, 0) is 4.79 Å². The average molecular weight is 251 g/mol. The molecule has 6 nitrogen and oxygen atoms in total. The number of urea groups is 1. The summed E-state index contributed by atoms with van der Waals surface area (Å²) in [6, 6.07) is 0.00200. The molecule has 0 radical (unpaired) electrons. The Bertz CT molecular complexity index is 250. The highest BCUT2D eigenvalue weighted by Crippen LogP contribution is 2.07. The number of likely N-dealkylation sites (tertiary alicyclic amines) is 1. The van der Waals surface area contributed by atoms with Gasteiger partial charge in [0.15, 0.2) is 0 Å². The number of imide groups is 1. The average Bonchev–Trinajstić information content (AvgIpc) is 2.65. The second-order valence-corrected chi connectivity index (χ2v) is 3.64. The van der Waals surface area contributed by atoms with Crippen molar-refractivity contribution in [2.45, 2.75) is 12.5 Å². The molecular weight excluding hydrogens is 232 g/mol. The van der Waals surface area contributed by atoms with E-state index < -0.39 is 6.03 Å². The van der Waals surface area contributed by atoms with Crippen molar-refractivity contribution in [2.75, 3.05) is 33.7 Å². The van der Waals surface area contributed by atoms with E-state index in [9.17, 15) is 9.59 Å². The molecule has 1 aliphatic heterocycles. The lowest BCUT2D eigenvalue weighted by atomic mass is 10.3. The van der Waals surface area contributed by atoms with Gasteiger partial charge in [0.2, 0.25) is 5.91 Å². The number of nitrogens with one attached hydrogen (secondary N) is 3. The molecule has 3 amide bonds. The van der Waals surface area contributed by atoms with E-state index in [1.807, 2.05) is 11.9 Å². The Balaban J connectivity index is 0.00000225. The molecule has 1 unspecified atom stereocenters. The molecule has 1 atom stereocenters. The lowest BCUT2D eigenvalue weighted by Gasteiger charge is -2.14. The third-order valence-electron chi connectivity index (χ3n) is 2.53. The highest BCUT2D eigenvalue weighted by molar-refractivity contribution is 5.95. The highest BCUT2D eigenvalue weighted by Gasteiger charge is 2.22. The summed E-state index contributed by atoms with van der Waals surface area (Å²) >= 11 is 0. The number of amides is 3. The Labute approximate surface area is 102 Å². The summed E-state index contributed by atoms with van der Waals surface area (Å²) in [6.07, 6.45) is 1.05. The van der Waals surface area contributed by atoms with Crippen molar-refractivity contribution in [2.24, 2.45) is 0 Å². The van der Waals surface area contributed by atoms with Crippen LogP contribution < -0.4 is 16.0 Å². The van der Waals surface area contributed by atoms with E-state index >= 15 is 0 Å². The van der Waals surface area contributed by atoms with Gasteiger partial charge in [-0.1, -0.05) is 0 Å². The van der Waals surface area contributed by atoms with E-state index in [4.69, 9.17) is 0 Å². The Hall–Kier alpha value is -0.850. The van der Waals surface area contributed by atoms with Crippen LogP contribution in [0.5, 0.6) is 0 Å². The van der Waals surface area contributed by atoms with Gasteiger partial charge in [-0.3, -0.25) is 15.0 Å². The normalized spacial score (nSPS) is 20.0. The lowest BCUT2D eigenvalue weighted by Crippen LogP contribution is -2.43. The second kappa shape index (κ2) is 7.43. The van der Waals surface area contributed by atoms with E-state index in [1.165, 1.54) is 7.05 Å². The summed E-state index contributed by atoms with van der Waals surface area (Å²) < 4.78 is 0. The number of carbonyl (C=O) groups is 2. The first-order valence-electron chi connectivity index (χ1n) is 5.07. The minimum atomic E-state index is -0.454. The molecule has 0 aliphatic carbocycles. The highest BCUT2D eigenvalue weighted by atomic mass is 35.5. The Morgan fingerprint density at radius 3 is 2.56 bits per heavy atom. The number of carbonyl (C=O) groups excluding carboxylic acids is 2. The molecule has 0 saturated carbocycles. The van der Waals surface area contributed by atoms with Gasteiger partial charge in [-0.2, -0.15) is 0 Å². The van der Waals surface area contributed by atoms with Gasteiger partial charge in [-0.25, -0.2) is 4.79 Å². The molecule has 7 heteroatoms. The maximum Gasteiger partial charge on any atom is 0.321 e. The second-order valence-electron chi connectivity index (χ2n) is 3.64. The van der Waals surface area contributed by atoms with E-state index in [1.54, 1.807) is 0 Å². The Kier molecular flexibility index (Phi) is 7.03. The van der Waals surface area contributed by atoms with Gasteiger partial charge in [0.05, 0.1) is 6.54 Å². The summed E-state index contributed by atoms with van der Waals surface area (Å²) in [4.78, 5) is 24.2. The largest absolute Gasteiger partial charge is 0.341 e. The maximum atomic E-state index is 11.3. The van der Waals surface area contributed by atoms with E-state index in [0.717, 1.165) is 19.5 Å². The molecule has 1 rings (SSSR count). The van der Waals surface area contributed by atoms with Gasteiger partial charge >= 0.3 is 6.03 Å². The summed E-state index contributed by atoms with van der Waals surface area (Å²) in [5, 5.41) is 7.74. The monoisotopic (exact) mass is 250 g/mol. The van der Waals surface area contributed by atoms with Gasteiger partial charge in [0.1, 0.15) is 0 Å². The van der Waals surface area contributed by atoms with Gasteiger partial charge in [-0.15, -0.1) is 12.4 Å². The van der Waals surface area contributed by atoms with Crippen LogP contribution in [0.25, 0.3) is 0 Å². The van der Waals surface area contributed by atoms with E-state index in [0.29, 0.717) is 6.04 Å². The third-order valence-corrected chi connectivity index (χ3v) is 2.53. The van der Waals surface area contributed by atoms with Crippen molar-refractivity contribution in [3.63, 3.8) is 0 Å². The molecule has 16 heavy (non-hydrogen) atoms. The minimum Gasteiger partial charge on any atom is -0.341 e. The van der Waals surface area contributed by atoms with Crippen LogP contribution in [0.15, 0.2) is 0 Å². The molecule has 1 heterocycles. The van der Waals surface area contributed by atoms with Crippen LogP contribution in [0.1, 0.15) is 6.42 Å². The first-order chi connectivity index (χ1) is 7.15. The van der Waals surface area contributed by atoms with Crippen molar-refractivity contribution in [3.8, 4) is 0 Å². The SMILES string of the molecule is CNC(=O)NC(=O)CN1CCC(NC)C1.Cl. The summed E-state index contributed by atoms with van der Waals surface area (Å²) in [6.45, 7) is 2.04. The zero-order valence-corrected chi connectivity index (χ0v) is 10.4. The predicted octanol–water partition coefficient (Wildman–Crippen LogP) is -0.842. The summed E-state index contributed by atoms with van der Waals surface area (Å²) in [5.74, 6) is -0.258. The van der Waals surface area contributed by atoms with Gasteiger partial charge < -0.3 is 10.6 Å². The zero-order valence-electron chi connectivity index (χ0n) is 9.58. The number of hydrogen-bond donors (Lipinski definition) is 3. The standard InChI is InChI=1S/C9H18N4O2.ClH/c1-10-7-3-4-13(5-7)6-8(14)12-9(15)11-2;/h7,10H,3-6H2,1-2H3,(H2,11,12,14,15);1H. The van der Waals surface area contributed by atoms with E-state index in [2.05, 4.69) is 16.0 Å². The van der Waals surface area contributed by atoms with Crippen molar-refractivity contribution in [3.05, 3.63) is 0 Å². The molecule has 3 N–H and O–H groups in total. The molecule has 0 aromatic heterocycles. The summed E-state index contributed by atoms with van der Waals surface area (Å²) in [5.41, 5.74) is 0. The van der Waals surface area contributed by atoms with Gasteiger partial charge in [0, 0.05) is 26.2 Å². The number of likely N-dealkylation sites (N-methyl/N-ethyl adjacent to an activating group) is 1. The Morgan fingerprint density at radius 1 is 1.38 bits per heavy atom. The van der Waals surface area contributed by atoms with Crippen molar-refractivity contribution in [1.82, 2.24) is 20.9 Å². The lowest BCUT2D eigenvalue weighted by molar-refractivity contribution is -0.120. The van der Waals surface area contributed by atoms with Crippen molar-refractivity contribution in [1.29, 1.82) is 0 Å². The first-order valence-corrected chi connectivity index (χ1v) is 5.07. The molecule has 1 aliphatic rings. The van der Waals surface area contributed by atoms with Crippen LogP contribution in [0.3, 0.4) is 0 Å². The number of hydrogen-bond acceptors (Lipinski definition) is 4. The third kappa shape index (κ3) is 4.78. The van der Waals surface area contributed by atoms with Crippen molar-refractivity contribution < 1.29 is 9.59 Å². The molecule has 1 saturated heterocycles. The number of halogens is 1. The Morgan fingerprint density at radius 2 is 2.06 bits per heavy atom. The van der Waals surface area contributed by atoms with Crippen LogP contribution in [0, 0.1) is 0 Å². The summed E-state index contributed by atoms with van der Waals surface area (Å²) in [7, 11) is 3.40. The topological polar surface area (TPSA) is 73.5 Å². The molecule has 1 fully saturated rings. The fraction of sp³-hybridized carbons (Fsp3) is 0.778. The smallest absolute Gasteiger partial charge is 0.321 e. The molecule has 0 aromatic rings. The fourth-order valence-corrected chi connectivity index (χ4v) is 1.64. The quantitative estimate of drug-likeness (QED) is 0.611. The molecule has 94 valence electrons. The molecule has 0 bridgehead atoms. The number of rotatable bonds is 3. The minimum absolute atomic E-state index is 0. The van der Waals surface area contributed by atoms with Gasteiger partial charge in [0.25, 0.3) is 0 Å². The molecule has 0 spiro atoms. The first kappa shape index (κ1) is 15.2.